The Morgan fingerprint density at radius 3 is 2.12 bits per heavy atom. The Labute approximate surface area is 107 Å². The van der Waals surface area contributed by atoms with Crippen LogP contribution in [0.3, 0.4) is 0 Å². The third kappa shape index (κ3) is 3.07. The molecular weight excluding hydrogens is 260 g/mol. The quantitative estimate of drug-likeness (QED) is 0.848. The highest BCUT2D eigenvalue weighted by Crippen LogP contribution is 2.29. The van der Waals surface area contributed by atoms with E-state index in [0.29, 0.717) is 5.02 Å². The van der Waals surface area contributed by atoms with E-state index in [0.717, 1.165) is 0 Å². The minimum Gasteiger partial charge on any atom is -0.300 e. The second-order valence-electron chi connectivity index (χ2n) is 4.60. The Bertz CT molecular complexity index is 515. The molecule has 0 bridgehead atoms. The van der Waals surface area contributed by atoms with Crippen LogP contribution < -0.4 is 0 Å². The molecule has 3 nitrogen and oxygen atoms in total. The van der Waals surface area contributed by atoms with E-state index < -0.39 is 14.6 Å². The van der Waals surface area contributed by atoms with Crippen molar-refractivity contribution in [2.75, 3.05) is 0 Å². The van der Waals surface area contributed by atoms with Gasteiger partial charge in [0, 0.05) is 11.4 Å². The van der Waals surface area contributed by atoms with Crippen LogP contribution in [0.2, 0.25) is 5.02 Å². The van der Waals surface area contributed by atoms with Crippen molar-refractivity contribution in [3.8, 4) is 0 Å². The third-order valence-corrected chi connectivity index (χ3v) is 5.27. The topological polar surface area (TPSA) is 51.2 Å². The first-order valence-corrected chi connectivity index (χ1v) is 7.02. The van der Waals surface area contributed by atoms with Gasteiger partial charge in [-0.05, 0) is 45.0 Å². The first-order valence-electron chi connectivity index (χ1n) is 5.16. The average Bonchev–Trinajstić information content (AvgIpc) is 2.16. The van der Waals surface area contributed by atoms with Crippen molar-refractivity contribution in [2.45, 2.75) is 36.8 Å². The summed E-state index contributed by atoms with van der Waals surface area (Å²) < 4.78 is 23.5. The molecule has 0 saturated heterocycles. The first-order chi connectivity index (χ1) is 7.67. The van der Waals surface area contributed by atoms with Crippen LogP contribution in [0, 0.1) is 0 Å². The molecule has 0 spiro atoms. The average molecular weight is 275 g/mol. The van der Waals surface area contributed by atoms with Crippen molar-refractivity contribution in [1.82, 2.24) is 0 Å². The normalized spacial score (nSPS) is 12.5. The number of halogens is 1. The summed E-state index contributed by atoms with van der Waals surface area (Å²) in [6, 6.07) is 5.97. The van der Waals surface area contributed by atoms with Crippen LogP contribution in [0.4, 0.5) is 0 Å². The number of rotatable bonds is 4. The molecule has 0 aliphatic heterocycles. The number of carbonyl (C=O) groups excluding carboxylic acids is 1. The summed E-state index contributed by atoms with van der Waals surface area (Å²) >= 11 is 5.71. The summed E-state index contributed by atoms with van der Waals surface area (Å²) in [7, 11) is -3.53. The molecule has 1 rings (SSSR count). The van der Waals surface area contributed by atoms with Gasteiger partial charge in [-0.3, -0.25) is 4.79 Å². The maximum absolute atomic E-state index is 12.3. The van der Waals surface area contributed by atoms with Crippen molar-refractivity contribution < 1.29 is 13.2 Å². The van der Waals surface area contributed by atoms with E-state index in [2.05, 4.69) is 0 Å². The van der Waals surface area contributed by atoms with Crippen molar-refractivity contribution in [1.29, 1.82) is 0 Å². The van der Waals surface area contributed by atoms with Crippen molar-refractivity contribution in [3.05, 3.63) is 29.3 Å². The summed E-state index contributed by atoms with van der Waals surface area (Å²) in [5.41, 5.74) is 0. The largest absolute Gasteiger partial charge is 0.300 e. The highest BCUT2D eigenvalue weighted by Gasteiger charge is 2.36. The minimum absolute atomic E-state index is 0.00202. The van der Waals surface area contributed by atoms with E-state index in [1.807, 2.05) is 0 Å². The molecule has 0 saturated carbocycles. The third-order valence-electron chi connectivity index (χ3n) is 2.53. The van der Waals surface area contributed by atoms with E-state index in [-0.39, 0.29) is 17.1 Å². The van der Waals surface area contributed by atoms with E-state index in [9.17, 15) is 13.2 Å². The number of carbonyl (C=O) groups is 1. The summed E-state index contributed by atoms with van der Waals surface area (Å²) in [4.78, 5) is 11.3. The number of hydrogen-bond donors (Lipinski definition) is 0. The Hall–Kier alpha value is -0.870. The molecule has 0 aliphatic rings. The van der Waals surface area contributed by atoms with Gasteiger partial charge in [-0.2, -0.15) is 0 Å². The number of benzene rings is 1. The van der Waals surface area contributed by atoms with Crippen molar-refractivity contribution in [2.24, 2.45) is 0 Å². The van der Waals surface area contributed by atoms with E-state index >= 15 is 0 Å². The lowest BCUT2D eigenvalue weighted by Crippen LogP contribution is -2.34. The van der Waals surface area contributed by atoms with E-state index in [1.54, 1.807) is 13.8 Å². The second-order valence-corrected chi connectivity index (χ2v) is 7.62. The number of hydrogen-bond acceptors (Lipinski definition) is 3. The Balaban J connectivity index is 3.19. The Morgan fingerprint density at radius 1 is 1.24 bits per heavy atom. The van der Waals surface area contributed by atoms with Gasteiger partial charge in [0.15, 0.2) is 9.84 Å². The van der Waals surface area contributed by atoms with Crippen LogP contribution in [0.15, 0.2) is 29.2 Å². The predicted molar refractivity (Wildman–Crippen MR) is 68.0 cm³/mol. The lowest BCUT2D eigenvalue weighted by atomic mass is 10.1. The molecule has 0 amide bonds. The van der Waals surface area contributed by atoms with Crippen LogP contribution in [0.25, 0.3) is 0 Å². The zero-order valence-corrected chi connectivity index (χ0v) is 11.6. The molecule has 94 valence electrons. The molecule has 0 aliphatic carbocycles. The molecule has 1 aromatic carbocycles. The number of ketones is 1. The molecule has 0 unspecified atom stereocenters. The van der Waals surface area contributed by atoms with Gasteiger partial charge in [-0.1, -0.05) is 11.6 Å². The molecule has 0 aromatic heterocycles. The SMILES string of the molecule is CC(=O)CC(C)(C)S(=O)(=O)c1ccc(Cl)cc1. The smallest absolute Gasteiger partial charge is 0.183 e. The summed E-state index contributed by atoms with van der Waals surface area (Å²) in [6.07, 6.45) is -0.00202. The summed E-state index contributed by atoms with van der Waals surface area (Å²) in [5.74, 6) is -0.146. The second kappa shape index (κ2) is 4.78. The lowest BCUT2D eigenvalue weighted by Gasteiger charge is -2.23. The zero-order chi connectivity index (χ0) is 13.3. The van der Waals surface area contributed by atoms with Crippen LogP contribution in [0.1, 0.15) is 27.2 Å². The first kappa shape index (κ1) is 14.2. The molecule has 0 radical (unpaired) electrons. The van der Waals surface area contributed by atoms with Gasteiger partial charge in [0.05, 0.1) is 9.64 Å². The zero-order valence-electron chi connectivity index (χ0n) is 10.0. The van der Waals surface area contributed by atoms with Gasteiger partial charge < -0.3 is 0 Å². The highest BCUT2D eigenvalue weighted by atomic mass is 35.5. The van der Waals surface area contributed by atoms with Crippen LogP contribution in [-0.4, -0.2) is 18.9 Å². The van der Waals surface area contributed by atoms with Crippen molar-refractivity contribution in [3.63, 3.8) is 0 Å². The standard InChI is InChI=1S/C12H15ClO3S/c1-9(14)8-12(2,3)17(15,16)11-6-4-10(13)5-7-11/h4-7H,8H2,1-3H3. The predicted octanol–water partition coefficient (Wildman–Crippen LogP) is 2.87. The molecular formula is C12H15ClO3S. The van der Waals surface area contributed by atoms with E-state index in [1.165, 1.54) is 31.2 Å². The lowest BCUT2D eigenvalue weighted by molar-refractivity contribution is -0.117. The van der Waals surface area contributed by atoms with Gasteiger partial charge in [0.1, 0.15) is 5.78 Å². The Kier molecular flexibility index (Phi) is 3.99. The molecule has 0 N–H and O–H groups in total. The summed E-state index contributed by atoms with van der Waals surface area (Å²) in [6.45, 7) is 4.50. The van der Waals surface area contributed by atoms with E-state index in [4.69, 9.17) is 11.6 Å². The van der Waals surface area contributed by atoms with Crippen LogP contribution >= 0.6 is 11.6 Å². The summed E-state index contributed by atoms with van der Waals surface area (Å²) in [5, 5.41) is 0.480. The highest BCUT2D eigenvalue weighted by molar-refractivity contribution is 7.92. The van der Waals surface area contributed by atoms with Gasteiger partial charge in [0.2, 0.25) is 0 Å². The number of sulfone groups is 1. The van der Waals surface area contributed by atoms with Gasteiger partial charge in [0.25, 0.3) is 0 Å². The molecule has 1 aromatic rings. The fourth-order valence-corrected chi connectivity index (χ4v) is 3.28. The number of Topliss-reactive ketones (excluding diaryl/α,β-unsaturated/α-hetero) is 1. The molecule has 0 atom stereocenters. The van der Waals surface area contributed by atoms with Crippen LogP contribution in [0.5, 0.6) is 0 Å². The fourth-order valence-electron chi connectivity index (χ4n) is 1.63. The maximum Gasteiger partial charge on any atom is 0.183 e. The minimum atomic E-state index is -3.53. The molecule has 17 heavy (non-hydrogen) atoms. The molecule has 0 fully saturated rings. The monoisotopic (exact) mass is 274 g/mol. The Morgan fingerprint density at radius 2 is 1.71 bits per heavy atom. The molecule has 5 heteroatoms. The van der Waals surface area contributed by atoms with Crippen molar-refractivity contribution >= 4 is 27.2 Å². The fraction of sp³-hybridized carbons (Fsp3) is 0.417. The van der Waals surface area contributed by atoms with Crippen LogP contribution in [-0.2, 0) is 14.6 Å². The maximum atomic E-state index is 12.3. The van der Waals surface area contributed by atoms with Gasteiger partial charge in [-0.15, -0.1) is 0 Å². The molecule has 0 heterocycles. The van der Waals surface area contributed by atoms with Gasteiger partial charge in [-0.25, -0.2) is 8.42 Å². The van der Waals surface area contributed by atoms with Gasteiger partial charge >= 0.3 is 0 Å².